The van der Waals surface area contributed by atoms with Crippen molar-refractivity contribution in [1.82, 2.24) is 30.3 Å². The number of anilines is 1. The van der Waals surface area contributed by atoms with E-state index >= 15 is 0 Å². The van der Waals surface area contributed by atoms with Crippen molar-refractivity contribution in [2.24, 2.45) is 5.92 Å². The Balaban J connectivity index is 1.40. The second-order valence-electron chi connectivity index (χ2n) is 8.49. The first-order valence-electron chi connectivity index (χ1n) is 11.3. The maximum atomic E-state index is 12.9. The number of pyridine rings is 1. The van der Waals surface area contributed by atoms with Crippen LogP contribution >= 0.6 is 0 Å². The van der Waals surface area contributed by atoms with Gasteiger partial charge in [0.1, 0.15) is 5.52 Å². The van der Waals surface area contributed by atoms with E-state index in [2.05, 4.69) is 32.3 Å². The second kappa shape index (κ2) is 8.97. The number of amides is 1. The summed E-state index contributed by atoms with van der Waals surface area (Å²) in [6.07, 6.45) is 3.50. The second-order valence-corrected chi connectivity index (χ2v) is 8.49. The molecule has 1 fully saturated rings. The predicted octanol–water partition coefficient (Wildman–Crippen LogP) is 3.36. The minimum Gasteiger partial charge on any atom is -0.352 e. The predicted molar refractivity (Wildman–Crippen MR) is 127 cm³/mol. The molecule has 0 radical (unpaired) electrons. The molecule has 4 aromatic rings. The number of nitrogens with zero attached hydrogens (tertiary/aromatic N) is 6. The molecule has 0 bridgehead atoms. The van der Waals surface area contributed by atoms with Gasteiger partial charge in [-0.3, -0.25) is 9.78 Å². The number of hydrogen-bond acceptors (Lipinski definition) is 6. The van der Waals surface area contributed by atoms with E-state index < -0.39 is 0 Å². The Labute approximate surface area is 192 Å². The molecule has 8 heteroatoms. The third kappa shape index (κ3) is 4.16. The highest BCUT2D eigenvalue weighted by Gasteiger charge is 2.29. The van der Waals surface area contributed by atoms with Crippen LogP contribution in [-0.4, -0.2) is 44.0 Å². The van der Waals surface area contributed by atoms with Gasteiger partial charge >= 0.3 is 0 Å². The lowest BCUT2D eigenvalue weighted by atomic mass is 9.97. The van der Waals surface area contributed by atoms with Gasteiger partial charge in [0.05, 0.1) is 40.6 Å². The zero-order valence-electron chi connectivity index (χ0n) is 18.9. The number of aryl methyl sites for hydroxylation is 2. The summed E-state index contributed by atoms with van der Waals surface area (Å²) in [5.41, 5.74) is 4.58. The molecule has 1 N–H and O–H groups in total. The molecule has 0 aliphatic carbocycles. The highest BCUT2D eigenvalue weighted by atomic mass is 16.1. The van der Waals surface area contributed by atoms with Crippen LogP contribution in [0.5, 0.6) is 0 Å². The summed E-state index contributed by atoms with van der Waals surface area (Å²) in [4.78, 5) is 19.3. The van der Waals surface area contributed by atoms with Gasteiger partial charge in [0.15, 0.2) is 5.82 Å². The van der Waals surface area contributed by atoms with Crippen LogP contribution in [-0.2, 0) is 11.3 Å². The zero-order chi connectivity index (χ0) is 22.8. The Hall–Kier alpha value is -3.81. The van der Waals surface area contributed by atoms with Crippen LogP contribution in [0.2, 0.25) is 0 Å². The normalized spacial score (nSPS) is 16.2. The molecule has 0 saturated carbocycles. The molecule has 1 aliphatic rings. The van der Waals surface area contributed by atoms with Crippen molar-refractivity contribution in [1.29, 1.82) is 0 Å². The Bertz CT molecular complexity index is 1270. The highest BCUT2D eigenvalue weighted by Crippen LogP contribution is 2.31. The van der Waals surface area contributed by atoms with E-state index in [1.165, 1.54) is 0 Å². The number of benzene rings is 1. The SMILES string of the molecule is Cc1nnc(N2CCCC(C(=O)NCc3ccccn3)C2)c2nn(-c3ccccc3)c(C)c12. The number of fused-ring (bicyclic) bond motifs is 1. The van der Waals surface area contributed by atoms with Gasteiger partial charge in [-0.2, -0.15) is 10.2 Å². The third-order valence-corrected chi connectivity index (χ3v) is 6.25. The van der Waals surface area contributed by atoms with E-state index in [1.54, 1.807) is 6.20 Å². The summed E-state index contributed by atoms with van der Waals surface area (Å²) in [6, 6.07) is 15.8. The summed E-state index contributed by atoms with van der Waals surface area (Å²) in [5.74, 6) is 0.682. The third-order valence-electron chi connectivity index (χ3n) is 6.25. The number of hydrogen-bond donors (Lipinski definition) is 1. The van der Waals surface area contributed by atoms with Crippen LogP contribution in [0.3, 0.4) is 0 Å². The van der Waals surface area contributed by atoms with Crippen LogP contribution < -0.4 is 10.2 Å². The summed E-state index contributed by atoms with van der Waals surface area (Å²) < 4.78 is 1.95. The van der Waals surface area contributed by atoms with Crippen LogP contribution in [0, 0.1) is 19.8 Å². The molecule has 1 unspecified atom stereocenters. The zero-order valence-corrected chi connectivity index (χ0v) is 18.9. The molecule has 1 aliphatic heterocycles. The van der Waals surface area contributed by atoms with Crippen molar-refractivity contribution in [2.75, 3.05) is 18.0 Å². The van der Waals surface area contributed by atoms with Gasteiger partial charge < -0.3 is 10.2 Å². The Morgan fingerprint density at radius 2 is 1.91 bits per heavy atom. The maximum absolute atomic E-state index is 12.9. The van der Waals surface area contributed by atoms with Crippen molar-refractivity contribution < 1.29 is 4.79 Å². The quantitative estimate of drug-likeness (QED) is 0.511. The first-order valence-corrected chi connectivity index (χ1v) is 11.3. The molecule has 8 nitrogen and oxygen atoms in total. The van der Waals surface area contributed by atoms with Crippen molar-refractivity contribution in [3.05, 3.63) is 71.8 Å². The molecule has 1 aromatic carbocycles. The van der Waals surface area contributed by atoms with Gasteiger partial charge in [0, 0.05) is 19.3 Å². The number of nitrogens with one attached hydrogen (secondary N) is 1. The molecule has 5 rings (SSSR count). The summed E-state index contributed by atoms with van der Waals surface area (Å²) >= 11 is 0. The first kappa shape index (κ1) is 21.1. The Kier molecular flexibility index (Phi) is 5.73. The molecule has 33 heavy (non-hydrogen) atoms. The fraction of sp³-hybridized carbons (Fsp3) is 0.320. The fourth-order valence-electron chi connectivity index (χ4n) is 4.55. The van der Waals surface area contributed by atoms with Crippen molar-refractivity contribution in [3.8, 4) is 5.69 Å². The van der Waals surface area contributed by atoms with Gasteiger partial charge in [0.2, 0.25) is 5.91 Å². The number of piperidine rings is 1. The molecule has 4 heterocycles. The number of rotatable bonds is 5. The van der Waals surface area contributed by atoms with E-state index in [-0.39, 0.29) is 11.8 Å². The molecular formula is C25H27N7O. The maximum Gasteiger partial charge on any atom is 0.225 e. The fourth-order valence-corrected chi connectivity index (χ4v) is 4.55. The van der Waals surface area contributed by atoms with E-state index in [9.17, 15) is 4.79 Å². The van der Waals surface area contributed by atoms with Crippen molar-refractivity contribution in [3.63, 3.8) is 0 Å². The average Bonchev–Trinajstić information content (AvgIpc) is 3.22. The van der Waals surface area contributed by atoms with Crippen molar-refractivity contribution in [2.45, 2.75) is 33.2 Å². The van der Waals surface area contributed by atoms with Gasteiger partial charge in [-0.25, -0.2) is 4.68 Å². The summed E-state index contributed by atoms with van der Waals surface area (Å²) in [7, 11) is 0. The number of carbonyl (C=O) groups excluding carboxylic acids is 1. The van der Waals surface area contributed by atoms with Gasteiger partial charge in [-0.05, 0) is 51.0 Å². The molecule has 1 atom stereocenters. The largest absolute Gasteiger partial charge is 0.352 e. The molecule has 168 valence electrons. The van der Waals surface area contributed by atoms with E-state index in [0.717, 1.165) is 58.9 Å². The van der Waals surface area contributed by atoms with E-state index in [4.69, 9.17) is 5.10 Å². The monoisotopic (exact) mass is 441 g/mol. The van der Waals surface area contributed by atoms with Crippen LogP contribution in [0.4, 0.5) is 5.82 Å². The number of aromatic nitrogens is 5. The minimum absolute atomic E-state index is 0.0488. The Morgan fingerprint density at radius 1 is 1.09 bits per heavy atom. The number of carbonyl (C=O) groups is 1. The smallest absolute Gasteiger partial charge is 0.225 e. The molecular weight excluding hydrogens is 414 g/mol. The lowest BCUT2D eigenvalue weighted by Gasteiger charge is -2.32. The van der Waals surface area contributed by atoms with E-state index in [0.29, 0.717) is 13.1 Å². The topological polar surface area (TPSA) is 88.8 Å². The lowest BCUT2D eigenvalue weighted by molar-refractivity contribution is -0.125. The molecule has 1 saturated heterocycles. The van der Waals surface area contributed by atoms with Crippen molar-refractivity contribution >= 4 is 22.6 Å². The van der Waals surface area contributed by atoms with Crippen LogP contribution in [0.1, 0.15) is 29.9 Å². The summed E-state index contributed by atoms with van der Waals surface area (Å²) in [5, 5.41) is 18.0. The van der Waals surface area contributed by atoms with Gasteiger partial charge in [-0.15, -0.1) is 5.10 Å². The standard InChI is InChI=1S/C25H27N7O/c1-17-22-18(2)32(21-11-4-3-5-12-21)30-23(22)24(29-28-17)31-14-8-9-19(16-31)25(33)27-15-20-10-6-7-13-26-20/h3-7,10-13,19H,8-9,14-16H2,1-2H3,(H,27,33). The van der Waals surface area contributed by atoms with E-state index in [1.807, 2.05) is 60.1 Å². The Morgan fingerprint density at radius 3 is 2.70 bits per heavy atom. The average molecular weight is 442 g/mol. The van der Waals surface area contributed by atoms with Crippen LogP contribution in [0.25, 0.3) is 16.6 Å². The van der Waals surface area contributed by atoms with Crippen LogP contribution in [0.15, 0.2) is 54.7 Å². The highest BCUT2D eigenvalue weighted by molar-refractivity contribution is 5.92. The molecule has 1 amide bonds. The number of para-hydroxylation sites is 1. The first-order chi connectivity index (χ1) is 16.1. The minimum atomic E-state index is -0.113. The summed E-state index contributed by atoms with van der Waals surface area (Å²) in [6.45, 7) is 5.88. The molecule has 3 aromatic heterocycles. The molecule has 0 spiro atoms. The van der Waals surface area contributed by atoms with Gasteiger partial charge in [0.25, 0.3) is 0 Å². The van der Waals surface area contributed by atoms with Gasteiger partial charge in [-0.1, -0.05) is 24.3 Å². The lowest BCUT2D eigenvalue weighted by Crippen LogP contribution is -2.43.